The molecule has 16 nitrogen and oxygen atoms in total. The Hall–Kier alpha value is -7.57. The van der Waals surface area contributed by atoms with Gasteiger partial charge in [-0.1, -0.05) is 24.3 Å². The number of anilines is 2. The van der Waals surface area contributed by atoms with E-state index in [0.29, 0.717) is 12.1 Å². The molecule has 0 radical (unpaired) electrons. The first-order valence-corrected chi connectivity index (χ1v) is 21.8. The smallest absolute Gasteiger partial charge is 0.396 e. The molecule has 2 unspecified atom stereocenters. The summed E-state index contributed by atoms with van der Waals surface area (Å²) in [6.45, 7) is 0. The molecule has 25 heteroatoms. The highest BCUT2D eigenvalue weighted by atomic mass is 32.2. The van der Waals surface area contributed by atoms with Crippen molar-refractivity contribution in [3.63, 3.8) is 0 Å². The fourth-order valence-electron chi connectivity index (χ4n) is 7.58. The Labute approximate surface area is 398 Å². The summed E-state index contributed by atoms with van der Waals surface area (Å²) in [5.74, 6) is -33.9. The van der Waals surface area contributed by atoms with Crippen LogP contribution in [0, 0.1) is 0 Å². The number of ether oxygens (including phenoxy) is 8. The molecule has 0 N–H and O–H groups in total. The van der Waals surface area contributed by atoms with Crippen molar-refractivity contribution in [3.05, 3.63) is 95.1 Å². The standard InChI is InChI=1S/C46H40F8N2O14S/c1-63-25-19-33(67-5)27(34(20-25)68-6)11-15-37(23-9-13-31(65-3)29(17-23)55-39(57)43(47,48)44(49,50)40(55)58)71(61,62)38(16-12-28-35(69-7)21-26(64-2)22-36(28)70-8)24-10-14-32(66-4)30(18-24)56-41(59)45(51,52)46(53,54)42(56)60/h9-22,37-38H,1-8H3/b15-11+,16-12+. The first kappa shape index (κ1) is 52.8. The topological polar surface area (TPSA) is 183 Å². The summed E-state index contributed by atoms with van der Waals surface area (Å²) in [5, 5.41) is -4.44. The van der Waals surface area contributed by atoms with Gasteiger partial charge in [-0.05, 0) is 47.5 Å². The SMILES string of the molecule is COc1cc(OC)c(/C=C/C(c2ccc(OC)c(N3C(=O)C(F)(F)C(F)(F)C3=O)c2)S(=O)(=O)C(/C=C/c2c(OC)cc(OC)cc2OC)c2ccc(OC)c(N3C(=O)C(F)(F)C(F)(F)C3=O)c2)c(OC)c1. The molecular weight excluding hydrogens is 989 g/mol. The Balaban J connectivity index is 1.70. The van der Waals surface area contributed by atoms with Crippen molar-refractivity contribution in [1.29, 1.82) is 0 Å². The van der Waals surface area contributed by atoms with Gasteiger partial charge in [0.05, 0.1) is 79.4 Å². The van der Waals surface area contributed by atoms with Crippen LogP contribution in [0.15, 0.2) is 72.8 Å². The van der Waals surface area contributed by atoms with Crippen LogP contribution >= 0.6 is 0 Å². The Morgan fingerprint density at radius 1 is 0.423 bits per heavy atom. The lowest BCUT2D eigenvalue weighted by Gasteiger charge is -2.25. The number of alkyl halides is 8. The average Bonchev–Trinajstić information content (AvgIpc) is 3.55. The number of methoxy groups -OCH3 is 8. The third kappa shape index (κ3) is 8.64. The van der Waals surface area contributed by atoms with E-state index in [9.17, 15) is 54.3 Å². The summed E-state index contributed by atoms with van der Waals surface area (Å²) < 4.78 is 193. The van der Waals surface area contributed by atoms with Crippen LogP contribution in [0.4, 0.5) is 46.5 Å². The zero-order valence-electron chi connectivity index (χ0n) is 38.3. The van der Waals surface area contributed by atoms with E-state index in [-0.39, 0.29) is 45.6 Å². The molecule has 2 saturated heterocycles. The number of imide groups is 2. The molecule has 2 heterocycles. The molecule has 4 aromatic carbocycles. The average molecular weight is 1030 g/mol. The molecule has 2 aliphatic rings. The summed E-state index contributed by atoms with van der Waals surface area (Å²) in [6.07, 6.45) is 4.19. The van der Waals surface area contributed by atoms with Gasteiger partial charge in [-0.25, -0.2) is 18.2 Å². The van der Waals surface area contributed by atoms with Crippen molar-refractivity contribution in [2.24, 2.45) is 0 Å². The molecule has 0 bridgehead atoms. The molecule has 4 aromatic rings. The van der Waals surface area contributed by atoms with E-state index in [2.05, 4.69) is 0 Å². The van der Waals surface area contributed by atoms with Crippen molar-refractivity contribution in [2.45, 2.75) is 34.2 Å². The number of rotatable bonds is 18. The van der Waals surface area contributed by atoms with Gasteiger partial charge in [-0.15, -0.1) is 0 Å². The van der Waals surface area contributed by atoms with Crippen LogP contribution in [0.2, 0.25) is 0 Å². The van der Waals surface area contributed by atoms with Crippen LogP contribution < -0.4 is 47.7 Å². The van der Waals surface area contributed by atoms with Crippen molar-refractivity contribution < 1.29 is 101 Å². The Morgan fingerprint density at radius 3 is 0.930 bits per heavy atom. The van der Waals surface area contributed by atoms with Crippen LogP contribution in [-0.4, -0.2) is 113 Å². The number of sulfone groups is 1. The maximum atomic E-state index is 15.8. The van der Waals surface area contributed by atoms with Gasteiger partial charge in [0.2, 0.25) is 0 Å². The number of amides is 4. The number of benzene rings is 4. The van der Waals surface area contributed by atoms with Crippen molar-refractivity contribution >= 4 is 57.0 Å². The quantitative estimate of drug-likeness (QED) is 0.0699. The summed E-state index contributed by atoms with van der Waals surface area (Å²) in [7, 11) is 4.08. The van der Waals surface area contributed by atoms with Gasteiger partial charge in [0.25, 0.3) is 0 Å². The van der Waals surface area contributed by atoms with E-state index in [4.69, 9.17) is 37.9 Å². The Bertz CT molecular complexity index is 2690. The fourth-order valence-corrected chi connectivity index (χ4v) is 9.54. The van der Waals surface area contributed by atoms with Crippen molar-refractivity contribution in [2.75, 3.05) is 66.7 Å². The monoisotopic (exact) mass is 1030 g/mol. The van der Waals surface area contributed by atoms with E-state index in [1.165, 1.54) is 66.9 Å². The lowest BCUT2D eigenvalue weighted by atomic mass is 10.1. The van der Waals surface area contributed by atoms with Gasteiger partial charge in [-0.2, -0.15) is 35.1 Å². The number of hydrogen-bond acceptors (Lipinski definition) is 14. The number of carbonyl (C=O) groups is 4. The minimum absolute atomic E-state index is 0.00484. The van der Waals surface area contributed by atoms with Crippen LogP contribution in [0.1, 0.15) is 32.8 Å². The van der Waals surface area contributed by atoms with Crippen molar-refractivity contribution in [1.82, 2.24) is 0 Å². The molecule has 2 aliphatic heterocycles. The first-order valence-electron chi connectivity index (χ1n) is 20.1. The molecule has 0 saturated carbocycles. The van der Waals surface area contributed by atoms with Gasteiger partial charge in [0.15, 0.2) is 9.84 Å². The lowest BCUT2D eigenvalue weighted by molar-refractivity contribution is -0.192. The maximum Gasteiger partial charge on any atom is 0.396 e. The summed E-state index contributed by atoms with van der Waals surface area (Å²) in [6, 6.07) is 10.5. The summed E-state index contributed by atoms with van der Waals surface area (Å²) >= 11 is 0. The summed E-state index contributed by atoms with van der Waals surface area (Å²) in [4.78, 5) is 50.6. The minimum atomic E-state index is -5.57. The Morgan fingerprint density at radius 2 is 0.690 bits per heavy atom. The number of carbonyl (C=O) groups excluding carboxylic acids is 4. The minimum Gasteiger partial charge on any atom is -0.496 e. The molecule has 0 aromatic heterocycles. The molecule has 2 atom stereocenters. The first-order chi connectivity index (χ1) is 33.3. The van der Waals surface area contributed by atoms with E-state index in [0.717, 1.165) is 62.8 Å². The molecular formula is C46H40F8N2O14S. The number of hydrogen-bond donors (Lipinski definition) is 0. The largest absolute Gasteiger partial charge is 0.496 e. The predicted molar refractivity (Wildman–Crippen MR) is 235 cm³/mol. The molecule has 380 valence electrons. The maximum absolute atomic E-state index is 15.8. The predicted octanol–water partition coefficient (Wildman–Crippen LogP) is 7.67. The molecule has 6 rings (SSSR count). The highest BCUT2D eigenvalue weighted by Gasteiger charge is 2.77. The van der Waals surface area contributed by atoms with Crippen LogP contribution in [-0.2, 0) is 29.0 Å². The zero-order chi connectivity index (χ0) is 52.8. The second-order valence-corrected chi connectivity index (χ2v) is 17.3. The highest BCUT2D eigenvalue weighted by molar-refractivity contribution is 7.92. The van der Waals surface area contributed by atoms with E-state index >= 15 is 8.42 Å². The third-order valence-corrected chi connectivity index (χ3v) is 13.6. The summed E-state index contributed by atoms with van der Waals surface area (Å²) in [5.41, 5.74) is -3.20. The molecule has 0 aliphatic carbocycles. The van der Waals surface area contributed by atoms with Crippen LogP contribution in [0.25, 0.3) is 12.2 Å². The second-order valence-electron chi connectivity index (χ2n) is 15.1. The van der Waals surface area contributed by atoms with E-state index in [1.54, 1.807) is 0 Å². The van der Waals surface area contributed by atoms with Crippen LogP contribution in [0.5, 0.6) is 46.0 Å². The third-order valence-electron chi connectivity index (χ3n) is 11.3. The second kappa shape index (κ2) is 19.3. The highest BCUT2D eigenvalue weighted by Crippen LogP contribution is 2.51. The molecule has 71 heavy (non-hydrogen) atoms. The van der Waals surface area contributed by atoms with Gasteiger partial charge in [0.1, 0.15) is 56.5 Å². The lowest BCUT2D eigenvalue weighted by Crippen LogP contribution is -2.43. The van der Waals surface area contributed by atoms with E-state index < -0.39 is 111 Å². The normalized spacial score (nSPS) is 18.0. The Kier molecular flexibility index (Phi) is 14.4. The number of nitrogens with zero attached hydrogens (tertiary/aromatic N) is 2. The fraction of sp³-hybridized carbons (Fsp3) is 0.304. The van der Waals surface area contributed by atoms with Gasteiger partial charge in [-0.3, -0.25) is 19.2 Å². The molecule has 0 spiro atoms. The van der Waals surface area contributed by atoms with Gasteiger partial charge < -0.3 is 37.9 Å². The van der Waals surface area contributed by atoms with Gasteiger partial charge in [0, 0.05) is 24.3 Å². The van der Waals surface area contributed by atoms with Gasteiger partial charge >= 0.3 is 47.3 Å². The molecule has 2 fully saturated rings. The van der Waals surface area contributed by atoms with Crippen LogP contribution in [0.3, 0.4) is 0 Å². The van der Waals surface area contributed by atoms with Crippen molar-refractivity contribution in [3.8, 4) is 46.0 Å². The number of halogens is 8. The van der Waals surface area contributed by atoms with E-state index in [1.807, 2.05) is 0 Å². The molecule has 4 amide bonds. The zero-order valence-corrected chi connectivity index (χ0v) is 39.1.